The van der Waals surface area contributed by atoms with Crippen molar-refractivity contribution in [1.82, 2.24) is 19.7 Å². The molecule has 0 radical (unpaired) electrons. The van der Waals surface area contributed by atoms with Gasteiger partial charge in [0.1, 0.15) is 28.6 Å². The highest BCUT2D eigenvalue weighted by Crippen LogP contribution is 2.40. The summed E-state index contributed by atoms with van der Waals surface area (Å²) in [4.78, 5) is 38.4. The lowest BCUT2D eigenvalue weighted by Crippen LogP contribution is -2.50. The van der Waals surface area contributed by atoms with Gasteiger partial charge in [0.25, 0.3) is 5.91 Å². The average molecular weight is 868 g/mol. The van der Waals surface area contributed by atoms with Gasteiger partial charge in [-0.05, 0) is 73.1 Å². The van der Waals surface area contributed by atoms with E-state index < -0.39 is 16.1 Å². The summed E-state index contributed by atoms with van der Waals surface area (Å²) in [6.45, 7) is 10.7. The Morgan fingerprint density at radius 1 is 0.790 bits per heavy atom. The third kappa shape index (κ3) is 11.2. The molecule has 330 valence electrons. The fraction of sp³-hybridized carbons (Fsp3) is 0.370. The Morgan fingerprint density at radius 3 is 2.05 bits per heavy atom. The number of anilines is 3. The number of hydrogen-bond acceptors (Lipinski definition) is 11. The molecule has 0 unspecified atom stereocenters. The number of amides is 3. The van der Waals surface area contributed by atoms with Gasteiger partial charge in [-0.2, -0.15) is 0 Å². The lowest BCUT2D eigenvalue weighted by atomic mass is 9.86. The minimum Gasteiger partial charge on any atom is -0.496 e. The number of nitrogens with zero attached hydrogens (tertiary/aromatic N) is 4. The van der Waals surface area contributed by atoms with Crippen LogP contribution >= 0.6 is 0 Å². The van der Waals surface area contributed by atoms with Crippen LogP contribution < -0.4 is 34.3 Å². The normalized spacial score (nSPS) is 13.5. The number of nitrogens with one attached hydrogen (secondary N) is 3. The van der Waals surface area contributed by atoms with Crippen LogP contribution in [0.1, 0.15) is 48.0 Å². The van der Waals surface area contributed by atoms with E-state index >= 15 is 0 Å². The van der Waals surface area contributed by atoms with Crippen LogP contribution in [0.5, 0.6) is 28.7 Å². The monoisotopic (exact) mass is 867 g/mol. The van der Waals surface area contributed by atoms with Gasteiger partial charge >= 0.3 is 6.03 Å². The first-order valence-electron chi connectivity index (χ1n) is 20.3. The Balaban J connectivity index is 1.18. The molecule has 1 aromatic heterocycles. The van der Waals surface area contributed by atoms with Gasteiger partial charge in [0, 0.05) is 74.4 Å². The predicted octanol–water partition coefficient (Wildman–Crippen LogP) is 7.28. The Labute approximate surface area is 364 Å². The van der Waals surface area contributed by atoms with E-state index in [4.69, 9.17) is 18.9 Å². The number of aromatic nitrogens is 1. The van der Waals surface area contributed by atoms with Crippen LogP contribution in [-0.4, -0.2) is 121 Å². The second-order valence-electron chi connectivity index (χ2n) is 16.5. The third-order valence-corrected chi connectivity index (χ3v) is 11.1. The highest BCUT2D eigenvalue weighted by Gasteiger charge is 2.28. The summed E-state index contributed by atoms with van der Waals surface area (Å²) in [6, 6.07) is 21.3. The average Bonchev–Trinajstić information content (AvgIpc) is 3.22. The number of urea groups is 1. The van der Waals surface area contributed by atoms with Gasteiger partial charge in [-0.25, -0.2) is 13.2 Å². The molecule has 5 aromatic rings. The van der Waals surface area contributed by atoms with Crippen molar-refractivity contribution in [3.8, 4) is 28.7 Å². The maximum Gasteiger partial charge on any atom is 0.323 e. The van der Waals surface area contributed by atoms with E-state index in [1.807, 2.05) is 68.1 Å². The quantitative estimate of drug-likeness (QED) is 0.0970. The summed E-state index contributed by atoms with van der Waals surface area (Å²) in [5.74, 6) is 2.04. The van der Waals surface area contributed by atoms with Crippen molar-refractivity contribution in [3.63, 3.8) is 0 Å². The van der Waals surface area contributed by atoms with Crippen LogP contribution in [0.25, 0.3) is 10.8 Å². The molecule has 4 aromatic carbocycles. The molecule has 2 heterocycles. The standard InChI is InChI=1S/C46H57N7O8S/c1-46(2,3)31-27-37(43(60-8)38(28-31)50-62(9,56)57)49-45(55)48-36-14-15-39(35-13-11-10-12-34(35)36)61-33-16-17-47-32(29-33)24-30-25-40(58-6)42(41(26-30)59-7)44(54)53-22-20-52(21-23-53)19-18-51(4)5/h10-17,25-29,50H,18-24H2,1-9H3,(H2,48,49,55). The van der Waals surface area contributed by atoms with Gasteiger partial charge in [0.2, 0.25) is 10.0 Å². The zero-order chi connectivity index (χ0) is 44.8. The number of rotatable bonds is 15. The molecule has 1 saturated heterocycles. The number of carbonyl (C=O) groups excluding carboxylic acids is 2. The topological polar surface area (TPSA) is 164 Å². The fourth-order valence-electron chi connectivity index (χ4n) is 7.30. The van der Waals surface area contributed by atoms with Gasteiger partial charge in [0.05, 0.1) is 44.6 Å². The number of sulfonamides is 1. The van der Waals surface area contributed by atoms with Gasteiger partial charge in [-0.3, -0.25) is 19.4 Å². The van der Waals surface area contributed by atoms with Crippen molar-refractivity contribution in [2.24, 2.45) is 0 Å². The molecule has 0 bridgehead atoms. The number of methoxy groups -OCH3 is 3. The van der Waals surface area contributed by atoms with E-state index in [2.05, 4.69) is 44.2 Å². The van der Waals surface area contributed by atoms with E-state index in [0.29, 0.717) is 59.4 Å². The van der Waals surface area contributed by atoms with Gasteiger partial charge in [0.15, 0.2) is 5.75 Å². The molecule has 62 heavy (non-hydrogen) atoms. The second kappa shape index (κ2) is 19.3. The lowest BCUT2D eigenvalue weighted by Gasteiger charge is -2.35. The number of fused-ring (bicyclic) bond motifs is 1. The molecule has 15 nitrogen and oxygen atoms in total. The van der Waals surface area contributed by atoms with E-state index in [1.54, 1.807) is 50.7 Å². The van der Waals surface area contributed by atoms with E-state index in [-0.39, 0.29) is 22.8 Å². The number of benzene rings is 4. The number of likely N-dealkylation sites (N-methyl/N-ethyl adjacent to an activating group) is 1. The second-order valence-corrected chi connectivity index (χ2v) is 18.3. The molecule has 0 spiro atoms. The summed E-state index contributed by atoms with van der Waals surface area (Å²) in [6.07, 6.45) is 3.15. The number of piperazine rings is 1. The van der Waals surface area contributed by atoms with Gasteiger partial charge in [-0.1, -0.05) is 45.0 Å². The number of hydrogen-bond donors (Lipinski definition) is 3. The summed E-state index contributed by atoms with van der Waals surface area (Å²) in [7, 11) is 4.99. The SMILES string of the molecule is COc1cc(Cc2cc(Oc3ccc(NC(=O)Nc4cc(C(C)(C)C)cc(NS(C)(=O)=O)c4OC)c4ccccc34)ccn2)cc(OC)c1C(=O)N1CCN(CCN(C)C)CC1. The van der Waals surface area contributed by atoms with Crippen molar-refractivity contribution >= 4 is 49.8 Å². The molecule has 6 rings (SSSR count). The zero-order valence-corrected chi connectivity index (χ0v) is 37.7. The third-order valence-electron chi connectivity index (χ3n) is 10.5. The maximum atomic E-state index is 13.8. The first-order valence-corrected chi connectivity index (χ1v) is 22.2. The molecule has 16 heteroatoms. The van der Waals surface area contributed by atoms with Crippen molar-refractivity contribution in [2.75, 3.05) is 96.3 Å². The molecular formula is C46H57N7O8S. The molecule has 1 fully saturated rings. The minimum absolute atomic E-state index is 0.121. The molecule has 0 saturated carbocycles. The minimum atomic E-state index is -3.65. The van der Waals surface area contributed by atoms with Crippen LogP contribution in [0.15, 0.2) is 79.0 Å². The summed E-state index contributed by atoms with van der Waals surface area (Å²) < 4.78 is 50.5. The molecule has 1 aliphatic heterocycles. The van der Waals surface area contributed by atoms with E-state index in [9.17, 15) is 18.0 Å². The lowest BCUT2D eigenvalue weighted by molar-refractivity contribution is 0.0623. The highest BCUT2D eigenvalue weighted by atomic mass is 32.2. The Morgan fingerprint density at radius 2 is 1.44 bits per heavy atom. The fourth-order valence-corrected chi connectivity index (χ4v) is 7.85. The maximum absolute atomic E-state index is 13.8. The van der Waals surface area contributed by atoms with Crippen molar-refractivity contribution < 1.29 is 37.0 Å². The van der Waals surface area contributed by atoms with Crippen molar-refractivity contribution in [1.29, 1.82) is 0 Å². The van der Waals surface area contributed by atoms with Crippen LogP contribution in [0, 0.1) is 0 Å². The molecular weight excluding hydrogens is 811 g/mol. The van der Waals surface area contributed by atoms with Crippen LogP contribution in [0.4, 0.5) is 21.9 Å². The Bertz CT molecular complexity index is 2510. The summed E-state index contributed by atoms with van der Waals surface area (Å²) >= 11 is 0. The smallest absolute Gasteiger partial charge is 0.323 e. The molecule has 3 amide bonds. The molecule has 0 aliphatic carbocycles. The first kappa shape index (κ1) is 45.4. The first-order chi connectivity index (χ1) is 29.5. The number of pyridine rings is 1. The van der Waals surface area contributed by atoms with Crippen LogP contribution in [0.2, 0.25) is 0 Å². The molecule has 3 N–H and O–H groups in total. The van der Waals surface area contributed by atoms with E-state index in [1.165, 1.54) is 7.11 Å². The molecule has 1 aliphatic rings. The molecule has 0 atom stereocenters. The van der Waals surface area contributed by atoms with Gasteiger partial charge in [-0.15, -0.1) is 0 Å². The largest absolute Gasteiger partial charge is 0.496 e. The number of ether oxygens (including phenoxy) is 4. The van der Waals surface area contributed by atoms with Crippen molar-refractivity contribution in [2.45, 2.75) is 32.6 Å². The predicted molar refractivity (Wildman–Crippen MR) is 244 cm³/mol. The summed E-state index contributed by atoms with van der Waals surface area (Å²) in [5, 5.41) is 7.27. The Hall–Kier alpha value is -6.10. The van der Waals surface area contributed by atoms with Crippen molar-refractivity contribution in [3.05, 3.63) is 101 Å². The number of carbonyl (C=O) groups is 2. The Kier molecular flexibility index (Phi) is 14.1. The summed E-state index contributed by atoms with van der Waals surface area (Å²) in [5.41, 5.74) is 3.41. The zero-order valence-electron chi connectivity index (χ0n) is 36.9. The van der Waals surface area contributed by atoms with Crippen LogP contribution in [-0.2, 0) is 21.9 Å². The van der Waals surface area contributed by atoms with Crippen LogP contribution in [0.3, 0.4) is 0 Å². The highest BCUT2D eigenvalue weighted by molar-refractivity contribution is 7.92. The van der Waals surface area contributed by atoms with E-state index in [0.717, 1.165) is 60.0 Å². The van der Waals surface area contributed by atoms with Gasteiger partial charge < -0.3 is 39.4 Å².